The Bertz CT molecular complexity index is 422. The number of nitro groups is 1. The summed E-state index contributed by atoms with van der Waals surface area (Å²) < 4.78 is 23.4. The van der Waals surface area contributed by atoms with Crippen LogP contribution in [0.5, 0.6) is 0 Å². The lowest BCUT2D eigenvalue weighted by atomic mass is 10.9. The standard InChI is InChI=1S/C4H5N3O4S2/c1-13(10,11)6-4-5-2-3(12-4)7(8)9/h2H,1H3,(H,5,6). The zero-order valence-electron chi connectivity index (χ0n) is 6.42. The highest BCUT2D eigenvalue weighted by molar-refractivity contribution is 7.92. The summed E-state index contributed by atoms with van der Waals surface area (Å²) in [6.45, 7) is 0. The van der Waals surface area contributed by atoms with Crippen molar-refractivity contribution in [3.05, 3.63) is 16.3 Å². The molecule has 0 saturated carbocycles. The minimum absolute atomic E-state index is 0.00537. The molecule has 1 aromatic rings. The molecular formula is C4H5N3O4S2. The summed E-state index contributed by atoms with van der Waals surface area (Å²) in [6, 6.07) is 0. The zero-order valence-corrected chi connectivity index (χ0v) is 8.05. The first-order chi connectivity index (χ1) is 5.88. The molecule has 1 heterocycles. The minimum atomic E-state index is -3.41. The molecule has 0 unspecified atom stereocenters. The van der Waals surface area contributed by atoms with Gasteiger partial charge in [-0.3, -0.25) is 14.8 Å². The van der Waals surface area contributed by atoms with Crippen LogP contribution < -0.4 is 4.72 Å². The van der Waals surface area contributed by atoms with Crippen LogP contribution in [0.2, 0.25) is 0 Å². The van der Waals surface area contributed by atoms with Crippen LogP contribution in [0.1, 0.15) is 0 Å². The Morgan fingerprint density at radius 3 is 2.69 bits per heavy atom. The van der Waals surface area contributed by atoms with E-state index in [1.807, 2.05) is 4.72 Å². The lowest BCUT2D eigenvalue weighted by Gasteiger charge is -1.94. The van der Waals surface area contributed by atoms with E-state index in [-0.39, 0.29) is 10.1 Å². The Morgan fingerprint density at radius 1 is 1.69 bits per heavy atom. The summed E-state index contributed by atoms with van der Waals surface area (Å²) in [5.41, 5.74) is 0. The van der Waals surface area contributed by atoms with Gasteiger partial charge in [-0.05, 0) is 11.3 Å². The molecule has 72 valence electrons. The molecule has 1 aromatic heterocycles. The summed E-state index contributed by atoms with van der Waals surface area (Å²) in [5.74, 6) is 0. The lowest BCUT2D eigenvalue weighted by molar-refractivity contribution is -0.380. The van der Waals surface area contributed by atoms with Crippen molar-refractivity contribution in [3.63, 3.8) is 0 Å². The number of anilines is 1. The van der Waals surface area contributed by atoms with Crippen LogP contribution in [-0.2, 0) is 10.0 Å². The predicted octanol–water partition coefficient (Wildman–Crippen LogP) is 0.423. The van der Waals surface area contributed by atoms with Gasteiger partial charge in [-0.1, -0.05) is 0 Å². The molecule has 0 spiro atoms. The number of nitrogens with zero attached hydrogens (tertiary/aromatic N) is 2. The quantitative estimate of drug-likeness (QED) is 0.591. The molecule has 0 aliphatic heterocycles. The number of sulfonamides is 1. The molecule has 0 radical (unpaired) electrons. The maximum Gasteiger partial charge on any atom is 0.345 e. The first-order valence-corrected chi connectivity index (χ1v) is 5.67. The molecule has 0 atom stereocenters. The molecule has 7 nitrogen and oxygen atoms in total. The molecular weight excluding hydrogens is 218 g/mol. The fraction of sp³-hybridized carbons (Fsp3) is 0.250. The highest BCUT2D eigenvalue weighted by Gasteiger charge is 2.13. The second kappa shape index (κ2) is 3.26. The summed E-state index contributed by atoms with van der Waals surface area (Å²) in [5, 5.41) is 9.97. The van der Waals surface area contributed by atoms with Crippen molar-refractivity contribution in [2.75, 3.05) is 11.0 Å². The van der Waals surface area contributed by atoms with Gasteiger partial charge >= 0.3 is 5.00 Å². The van der Waals surface area contributed by atoms with Crippen molar-refractivity contribution in [1.29, 1.82) is 0 Å². The van der Waals surface area contributed by atoms with Crippen LogP contribution in [0.15, 0.2) is 6.20 Å². The van der Waals surface area contributed by atoms with Crippen LogP contribution in [0.4, 0.5) is 10.1 Å². The van der Waals surface area contributed by atoms with E-state index in [0.717, 1.165) is 12.5 Å². The van der Waals surface area contributed by atoms with Crippen molar-refractivity contribution in [2.24, 2.45) is 0 Å². The molecule has 0 bridgehead atoms. The van der Waals surface area contributed by atoms with Gasteiger partial charge in [0.05, 0.1) is 11.2 Å². The third kappa shape index (κ3) is 2.95. The van der Waals surface area contributed by atoms with Crippen molar-refractivity contribution < 1.29 is 13.3 Å². The maximum atomic E-state index is 10.7. The molecule has 9 heteroatoms. The van der Waals surface area contributed by atoms with Crippen molar-refractivity contribution in [3.8, 4) is 0 Å². The predicted molar refractivity (Wildman–Crippen MR) is 47.2 cm³/mol. The third-order valence-electron chi connectivity index (χ3n) is 0.946. The van der Waals surface area contributed by atoms with Gasteiger partial charge in [0.2, 0.25) is 15.2 Å². The van der Waals surface area contributed by atoms with Crippen LogP contribution in [0, 0.1) is 10.1 Å². The highest BCUT2D eigenvalue weighted by Crippen LogP contribution is 2.25. The topological polar surface area (TPSA) is 102 Å². The highest BCUT2D eigenvalue weighted by atomic mass is 32.2. The van der Waals surface area contributed by atoms with Gasteiger partial charge in [0.15, 0.2) is 0 Å². The summed E-state index contributed by atoms with van der Waals surface area (Å²) in [4.78, 5) is 13.1. The Kier molecular flexibility index (Phi) is 2.48. The van der Waals surface area contributed by atoms with E-state index in [4.69, 9.17) is 0 Å². The van der Waals surface area contributed by atoms with E-state index < -0.39 is 14.9 Å². The average Bonchev–Trinajstić information content (AvgIpc) is 2.31. The molecule has 0 amide bonds. The van der Waals surface area contributed by atoms with Crippen LogP contribution in [0.3, 0.4) is 0 Å². The first-order valence-electron chi connectivity index (χ1n) is 2.96. The van der Waals surface area contributed by atoms with Gasteiger partial charge in [0.25, 0.3) is 0 Å². The Labute approximate surface area is 77.6 Å². The van der Waals surface area contributed by atoms with Crippen molar-refractivity contribution in [1.82, 2.24) is 4.98 Å². The van der Waals surface area contributed by atoms with Gasteiger partial charge in [-0.25, -0.2) is 13.4 Å². The maximum absolute atomic E-state index is 10.7. The normalized spacial score (nSPS) is 11.2. The first kappa shape index (κ1) is 9.86. The number of thiazole rings is 1. The number of aromatic nitrogens is 1. The number of hydrogen-bond donors (Lipinski definition) is 1. The van der Waals surface area contributed by atoms with Gasteiger partial charge < -0.3 is 0 Å². The van der Waals surface area contributed by atoms with Gasteiger partial charge in [-0.15, -0.1) is 0 Å². The van der Waals surface area contributed by atoms with Gasteiger partial charge in [-0.2, -0.15) is 0 Å². The third-order valence-corrected chi connectivity index (χ3v) is 2.50. The molecule has 13 heavy (non-hydrogen) atoms. The minimum Gasteiger partial charge on any atom is -0.259 e. The molecule has 0 aliphatic carbocycles. The van der Waals surface area contributed by atoms with Crippen LogP contribution in [0.25, 0.3) is 0 Å². The molecule has 0 aliphatic rings. The monoisotopic (exact) mass is 223 g/mol. The smallest absolute Gasteiger partial charge is 0.259 e. The fourth-order valence-corrected chi connectivity index (χ4v) is 2.03. The number of hydrogen-bond acceptors (Lipinski definition) is 6. The summed E-state index contributed by atoms with van der Waals surface area (Å²) in [6.07, 6.45) is 1.94. The second-order valence-corrected chi connectivity index (χ2v) is 4.89. The molecule has 0 saturated heterocycles. The van der Waals surface area contributed by atoms with E-state index in [1.165, 1.54) is 0 Å². The van der Waals surface area contributed by atoms with E-state index >= 15 is 0 Å². The van der Waals surface area contributed by atoms with Gasteiger partial charge in [0.1, 0.15) is 6.20 Å². The van der Waals surface area contributed by atoms with E-state index in [2.05, 4.69) is 4.98 Å². The lowest BCUT2D eigenvalue weighted by Crippen LogP contribution is -2.08. The Hall–Kier alpha value is -1.22. The zero-order chi connectivity index (χ0) is 10.1. The molecule has 0 fully saturated rings. The van der Waals surface area contributed by atoms with E-state index in [1.54, 1.807) is 0 Å². The average molecular weight is 223 g/mol. The molecule has 1 N–H and O–H groups in total. The second-order valence-electron chi connectivity index (χ2n) is 2.13. The summed E-state index contributed by atoms with van der Waals surface area (Å²) >= 11 is 0.667. The van der Waals surface area contributed by atoms with Crippen LogP contribution >= 0.6 is 11.3 Å². The van der Waals surface area contributed by atoms with Crippen LogP contribution in [-0.4, -0.2) is 24.6 Å². The molecule has 1 rings (SSSR count). The number of rotatable bonds is 3. The van der Waals surface area contributed by atoms with E-state index in [0.29, 0.717) is 11.3 Å². The number of nitrogens with one attached hydrogen (secondary N) is 1. The molecule has 0 aromatic carbocycles. The Morgan fingerprint density at radius 2 is 2.31 bits per heavy atom. The van der Waals surface area contributed by atoms with Crippen molar-refractivity contribution in [2.45, 2.75) is 0 Å². The SMILES string of the molecule is CS(=O)(=O)Nc1ncc([N+](=O)[O-])s1. The van der Waals surface area contributed by atoms with E-state index in [9.17, 15) is 18.5 Å². The van der Waals surface area contributed by atoms with Crippen molar-refractivity contribution >= 4 is 31.5 Å². The van der Waals surface area contributed by atoms with Gasteiger partial charge in [0, 0.05) is 0 Å². The summed E-state index contributed by atoms with van der Waals surface area (Å²) in [7, 11) is -3.41. The fourth-order valence-electron chi connectivity index (χ4n) is 0.556. The largest absolute Gasteiger partial charge is 0.345 e. The Balaban J connectivity index is 2.87.